The summed E-state index contributed by atoms with van der Waals surface area (Å²) in [5.74, 6) is 1.10. The monoisotopic (exact) mass is 313 g/mol. The normalized spacial score (nSPS) is 18.0. The number of benzene rings is 1. The van der Waals surface area contributed by atoms with E-state index >= 15 is 0 Å². The van der Waals surface area contributed by atoms with E-state index in [2.05, 4.69) is 43.3 Å². The predicted octanol–water partition coefficient (Wildman–Crippen LogP) is 2.67. The van der Waals surface area contributed by atoms with Gasteiger partial charge in [-0.2, -0.15) is 0 Å². The Hall–Kier alpha value is -1.88. The van der Waals surface area contributed by atoms with Crippen molar-refractivity contribution in [2.75, 3.05) is 49.1 Å². The van der Waals surface area contributed by atoms with Crippen molar-refractivity contribution in [2.24, 2.45) is 0 Å². The zero-order valence-electron chi connectivity index (χ0n) is 14.3. The van der Waals surface area contributed by atoms with Crippen LogP contribution in [-0.4, -0.2) is 49.2 Å². The van der Waals surface area contributed by atoms with Crippen LogP contribution in [0.4, 0.5) is 11.5 Å². The Morgan fingerprint density at radius 3 is 2.39 bits per heavy atom. The van der Waals surface area contributed by atoms with Crippen LogP contribution in [0.25, 0.3) is 10.9 Å². The molecule has 2 aliphatic heterocycles. The van der Waals surface area contributed by atoms with Crippen LogP contribution < -0.4 is 15.1 Å². The highest BCUT2D eigenvalue weighted by Gasteiger charge is 2.17. The fourth-order valence-corrected chi connectivity index (χ4v) is 3.33. The van der Waals surface area contributed by atoms with Gasteiger partial charge in [0.15, 0.2) is 0 Å². The number of aromatic nitrogens is 2. The molecule has 3 heterocycles. The standard InChI is InChI=1S/C16H21N5.C2H6/c1-2-8-21(7-1)16-14-4-3-13(11-15(14)18-12-19-16)20-9-5-17-6-10-20;1-2/h3-4,11-12,17H,1-2,5-10H2;1-2H3. The highest BCUT2D eigenvalue weighted by molar-refractivity contribution is 5.91. The van der Waals surface area contributed by atoms with Crippen LogP contribution in [0.1, 0.15) is 26.7 Å². The minimum atomic E-state index is 1.06. The number of rotatable bonds is 2. The van der Waals surface area contributed by atoms with Crippen LogP contribution in [0.15, 0.2) is 24.5 Å². The molecule has 5 heteroatoms. The van der Waals surface area contributed by atoms with Gasteiger partial charge in [0.05, 0.1) is 5.52 Å². The van der Waals surface area contributed by atoms with E-state index in [0.29, 0.717) is 0 Å². The number of piperazine rings is 1. The Morgan fingerprint density at radius 2 is 1.65 bits per heavy atom. The van der Waals surface area contributed by atoms with Crippen LogP contribution in [-0.2, 0) is 0 Å². The Balaban J connectivity index is 0.000000753. The van der Waals surface area contributed by atoms with Crippen molar-refractivity contribution in [1.29, 1.82) is 0 Å². The van der Waals surface area contributed by atoms with Crippen molar-refractivity contribution in [3.8, 4) is 0 Å². The fourth-order valence-electron chi connectivity index (χ4n) is 3.33. The van der Waals surface area contributed by atoms with Crippen molar-refractivity contribution < 1.29 is 0 Å². The molecular weight excluding hydrogens is 286 g/mol. The molecule has 0 spiro atoms. The molecule has 2 saturated heterocycles. The third-order valence-electron chi connectivity index (χ3n) is 4.49. The molecule has 2 aliphatic rings. The number of fused-ring (bicyclic) bond motifs is 1. The summed E-state index contributed by atoms with van der Waals surface area (Å²) in [5, 5.41) is 4.57. The first-order chi connectivity index (χ1) is 11.4. The molecule has 0 bridgehead atoms. The minimum absolute atomic E-state index is 1.06. The maximum atomic E-state index is 4.52. The van der Waals surface area contributed by atoms with Gasteiger partial charge >= 0.3 is 0 Å². The molecule has 0 atom stereocenters. The van der Waals surface area contributed by atoms with Gasteiger partial charge in [-0.3, -0.25) is 0 Å². The Bertz CT molecular complexity index is 630. The summed E-state index contributed by atoms with van der Waals surface area (Å²) in [6, 6.07) is 6.62. The van der Waals surface area contributed by atoms with E-state index in [0.717, 1.165) is 50.6 Å². The van der Waals surface area contributed by atoms with Gasteiger partial charge in [0.25, 0.3) is 0 Å². The second-order valence-electron chi connectivity index (χ2n) is 5.83. The van der Waals surface area contributed by atoms with Gasteiger partial charge in [-0.25, -0.2) is 9.97 Å². The molecule has 1 aromatic carbocycles. The summed E-state index contributed by atoms with van der Waals surface area (Å²) in [6.45, 7) is 10.5. The van der Waals surface area contributed by atoms with Crippen molar-refractivity contribution in [3.63, 3.8) is 0 Å². The maximum Gasteiger partial charge on any atom is 0.139 e. The number of anilines is 2. The molecule has 23 heavy (non-hydrogen) atoms. The Labute approximate surface area is 138 Å². The largest absolute Gasteiger partial charge is 0.369 e. The Kier molecular flexibility index (Phi) is 5.28. The average Bonchev–Trinajstić information content (AvgIpc) is 3.18. The SMILES string of the molecule is CC.c1nc(N2CCCC2)c2ccc(N3CCNCC3)cc2n1. The van der Waals surface area contributed by atoms with E-state index in [-0.39, 0.29) is 0 Å². The molecule has 1 N–H and O–H groups in total. The first-order valence-electron chi connectivity index (χ1n) is 8.87. The van der Waals surface area contributed by atoms with Crippen LogP contribution >= 0.6 is 0 Å². The van der Waals surface area contributed by atoms with E-state index < -0.39 is 0 Å². The number of hydrogen-bond donors (Lipinski definition) is 1. The van der Waals surface area contributed by atoms with Crippen LogP contribution in [0.5, 0.6) is 0 Å². The van der Waals surface area contributed by atoms with Crippen molar-refractivity contribution in [1.82, 2.24) is 15.3 Å². The highest BCUT2D eigenvalue weighted by Crippen LogP contribution is 2.28. The lowest BCUT2D eigenvalue weighted by molar-refractivity contribution is 0.589. The Morgan fingerprint density at radius 1 is 0.913 bits per heavy atom. The first-order valence-corrected chi connectivity index (χ1v) is 8.87. The molecule has 0 aliphatic carbocycles. The molecule has 0 radical (unpaired) electrons. The minimum Gasteiger partial charge on any atom is -0.369 e. The van der Waals surface area contributed by atoms with Crippen molar-refractivity contribution >= 4 is 22.4 Å². The quantitative estimate of drug-likeness (QED) is 0.923. The van der Waals surface area contributed by atoms with Gasteiger partial charge < -0.3 is 15.1 Å². The van der Waals surface area contributed by atoms with Crippen LogP contribution in [0.3, 0.4) is 0 Å². The zero-order chi connectivity index (χ0) is 16.1. The van der Waals surface area contributed by atoms with Gasteiger partial charge in [-0.05, 0) is 31.0 Å². The average molecular weight is 313 g/mol. The molecule has 124 valence electrons. The molecule has 0 unspecified atom stereocenters. The number of hydrogen-bond acceptors (Lipinski definition) is 5. The molecule has 2 aromatic rings. The summed E-state index contributed by atoms with van der Waals surface area (Å²) < 4.78 is 0. The van der Waals surface area contributed by atoms with E-state index in [1.807, 2.05) is 13.8 Å². The molecule has 5 nitrogen and oxygen atoms in total. The van der Waals surface area contributed by atoms with E-state index in [1.165, 1.54) is 23.9 Å². The fraction of sp³-hybridized carbons (Fsp3) is 0.556. The lowest BCUT2D eigenvalue weighted by atomic mass is 10.2. The maximum absolute atomic E-state index is 4.52. The van der Waals surface area contributed by atoms with Gasteiger partial charge in [-0.1, -0.05) is 13.8 Å². The summed E-state index contributed by atoms with van der Waals surface area (Å²) in [4.78, 5) is 13.8. The first kappa shape index (κ1) is 16.0. The van der Waals surface area contributed by atoms with Crippen molar-refractivity contribution in [3.05, 3.63) is 24.5 Å². The van der Waals surface area contributed by atoms with Gasteiger partial charge in [0.1, 0.15) is 12.1 Å². The number of nitrogens with zero attached hydrogens (tertiary/aromatic N) is 4. The van der Waals surface area contributed by atoms with Crippen molar-refractivity contribution in [2.45, 2.75) is 26.7 Å². The third-order valence-corrected chi connectivity index (χ3v) is 4.49. The topological polar surface area (TPSA) is 44.3 Å². The predicted molar refractivity (Wildman–Crippen MR) is 97.4 cm³/mol. The van der Waals surface area contributed by atoms with Gasteiger partial charge in [-0.15, -0.1) is 0 Å². The van der Waals surface area contributed by atoms with Crippen LogP contribution in [0, 0.1) is 0 Å². The van der Waals surface area contributed by atoms with E-state index in [4.69, 9.17) is 0 Å². The van der Waals surface area contributed by atoms with E-state index in [1.54, 1.807) is 6.33 Å². The second kappa shape index (κ2) is 7.59. The zero-order valence-corrected chi connectivity index (χ0v) is 14.3. The second-order valence-corrected chi connectivity index (χ2v) is 5.83. The number of nitrogens with one attached hydrogen (secondary N) is 1. The molecule has 0 amide bonds. The van der Waals surface area contributed by atoms with Gasteiger partial charge in [0, 0.05) is 50.3 Å². The highest BCUT2D eigenvalue weighted by atomic mass is 15.2. The molecule has 4 rings (SSSR count). The molecule has 0 saturated carbocycles. The smallest absolute Gasteiger partial charge is 0.139 e. The lowest BCUT2D eigenvalue weighted by Crippen LogP contribution is -2.43. The molecular formula is C18H27N5. The lowest BCUT2D eigenvalue weighted by Gasteiger charge is -2.29. The van der Waals surface area contributed by atoms with E-state index in [9.17, 15) is 0 Å². The molecule has 2 fully saturated rings. The molecule has 1 aromatic heterocycles. The summed E-state index contributed by atoms with van der Waals surface area (Å²) in [7, 11) is 0. The third kappa shape index (κ3) is 3.39. The summed E-state index contributed by atoms with van der Waals surface area (Å²) in [6.07, 6.45) is 4.24. The van der Waals surface area contributed by atoms with Crippen LogP contribution in [0.2, 0.25) is 0 Å². The summed E-state index contributed by atoms with van der Waals surface area (Å²) >= 11 is 0. The summed E-state index contributed by atoms with van der Waals surface area (Å²) in [5.41, 5.74) is 2.33. The van der Waals surface area contributed by atoms with Gasteiger partial charge in [0.2, 0.25) is 0 Å².